The lowest BCUT2D eigenvalue weighted by Crippen LogP contribution is -2.17. The van der Waals surface area contributed by atoms with E-state index in [0.717, 1.165) is 15.6 Å². The van der Waals surface area contributed by atoms with Crippen molar-refractivity contribution < 1.29 is 14.6 Å². The van der Waals surface area contributed by atoms with Gasteiger partial charge in [0.05, 0.1) is 18.2 Å². The zero-order valence-electron chi connectivity index (χ0n) is 13.2. The highest BCUT2D eigenvalue weighted by Gasteiger charge is 2.12. The van der Waals surface area contributed by atoms with E-state index in [9.17, 15) is 0 Å². The number of aliphatic hydroxyl groups is 1. The maximum atomic E-state index is 8.82. The first-order valence-electron chi connectivity index (χ1n) is 7.20. The van der Waals surface area contributed by atoms with Gasteiger partial charge in [0, 0.05) is 23.7 Å². The van der Waals surface area contributed by atoms with Crippen molar-refractivity contribution in [3.8, 4) is 11.5 Å². The van der Waals surface area contributed by atoms with Gasteiger partial charge in [-0.2, -0.15) is 0 Å². The van der Waals surface area contributed by atoms with Crippen molar-refractivity contribution in [3.63, 3.8) is 0 Å². The largest absolute Gasteiger partial charge is 0.493 e. The predicted molar refractivity (Wildman–Crippen MR) is 103 cm³/mol. The fraction of sp³-hybridized carbons (Fsp3) is 0.294. The van der Waals surface area contributed by atoms with Gasteiger partial charge in [-0.15, -0.1) is 12.4 Å². The van der Waals surface area contributed by atoms with E-state index in [0.29, 0.717) is 36.2 Å². The van der Waals surface area contributed by atoms with Gasteiger partial charge < -0.3 is 19.9 Å². The van der Waals surface area contributed by atoms with Crippen molar-refractivity contribution in [2.45, 2.75) is 13.2 Å². The fourth-order valence-corrected chi connectivity index (χ4v) is 2.89. The molecule has 0 radical (unpaired) electrons. The molecule has 0 unspecified atom stereocenters. The molecule has 0 aliphatic heterocycles. The maximum absolute atomic E-state index is 8.82. The summed E-state index contributed by atoms with van der Waals surface area (Å²) in [5.74, 6) is 1.28. The summed E-state index contributed by atoms with van der Waals surface area (Å²) in [6.07, 6.45) is 0. The minimum absolute atomic E-state index is 0. The van der Waals surface area contributed by atoms with Crippen LogP contribution >= 0.6 is 39.9 Å². The number of hydrogen-bond donors (Lipinski definition) is 2. The number of halogens is 3. The topological polar surface area (TPSA) is 50.7 Å². The number of methoxy groups -OCH3 is 1. The molecule has 0 fully saturated rings. The number of benzene rings is 2. The van der Waals surface area contributed by atoms with Crippen LogP contribution in [0.15, 0.2) is 40.9 Å². The highest BCUT2D eigenvalue weighted by Crippen LogP contribution is 2.37. The molecule has 0 atom stereocenters. The Morgan fingerprint density at radius 1 is 1.25 bits per heavy atom. The summed E-state index contributed by atoms with van der Waals surface area (Å²) in [5.41, 5.74) is 1.95. The molecule has 0 amide bonds. The van der Waals surface area contributed by atoms with Gasteiger partial charge in [-0.1, -0.05) is 29.8 Å². The summed E-state index contributed by atoms with van der Waals surface area (Å²) in [6.45, 7) is 1.65. The number of ether oxygens (including phenoxy) is 2. The van der Waals surface area contributed by atoms with Crippen molar-refractivity contribution in [2.24, 2.45) is 0 Å². The van der Waals surface area contributed by atoms with Crippen LogP contribution in [0.25, 0.3) is 0 Å². The Bertz CT molecular complexity index is 656. The third-order valence-electron chi connectivity index (χ3n) is 3.24. The third-order valence-corrected chi connectivity index (χ3v) is 4.19. The van der Waals surface area contributed by atoms with E-state index >= 15 is 0 Å². The Balaban J connectivity index is 0.00000288. The summed E-state index contributed by atoms with van der Waals surface area (Å²) in [5, 5.41) is 12.6. The van der Waals surface area contributed by atoms with Gasteiger partial charge in [-0.25, -0.2) is 0 Å². The molecule has 7 heteroatoms. The minimum atomic E-state index is 0. The molecule has 2 aromatic carbocycles. The Morgan fingerprint density at radius 3 is 2.67 bits per heavy atom. The number of hydrogen-bond acceptors (Lipinski definition) is 4. The van der Waals surface area contributed by atoms with Crippen LogP contribution in [0.3, 0.4) is 0 Å². The second-order valence-electron chi connectivity index (χ2n) is 4.89. The van der Waals surface area contributed by atoms with E-state index in [-0.39, 0.29) is 19.0 Å². The minimum Gasteiger partial charge on any atom is -0.493 e. The molecule has 0 aliphatic carbocycles. The highest BCUT2D eigenvalue weighted by molar-refractivity contribution is 9.10. The molecule has 0 aliphatic rings. The number of rotatable bonds is 8. The van der Waals surface area contributed by atoms with Crippen LogP contribution in [0.4, 0.5) is 0 Å². The van der Waals surface area contributed by atoms with Crippen molar-refractivity contribution in [3.05, 3.63) is 57.0 Å². The van der Waals surface area contributed by atoms with Gasteiger partial charge >= 0.3 is 0 Å². The van der Waals surface area contributed by atoms with Crippen LogP contribution in [0.5, 0.6) is 11.5 Å². The molecule has 2 N–H and O–H groups in total. The van der Waals surface area contributed by atoms with E-state index in [4.69, 9.17) is 26.2 Å². The van der Waals surface area contributed by atoms with Crippen LogP contribution in [-0.4, -0.2) is 25.4 Å². The van der Waals surface area contributed by atoms with Crippen LogP contribution < -0.4 is 14.8 Å². The van der Waals surface area contributed by atoms with E-state index in [1.54, 1.807) is 7.11 Å². The first kappa shape index (κ1) is 21.1. The molecule has 0 heterocycles. The molecule has 0 spiro atoms. The molecule has 132 valence electrons. The van der Waals surface area contributed by atoms with Crippen LogP contribution in [-0.2, 0) is 13.2 Å². The molecule has 2 aromatic rings. The normalized spacial score (nSPS) is 10.2. The van der Waals surface area contributed by atoms with E-state index in [1.807, 2.05) is 36.4 Å². The van der Waals surface area contributed by atoms with Crippen LogP contribution in [0.2, 0.25) is 5.02 Å². The average molecular weight is 437 g/mol. The molecule has 0 saturated carbocycles. The second-order valence-corrected chi connectivity index (χ2v) is 6.15. The van der Waals surface area contributed by atoms with Crippen molar-refractivity contribution in [1.29, 1.82) is 0 Å². The lowest BCUT2D eigenvalue weighted by Gasteiger charge is -2.15. The number of nitrogens with one attached hydrogen (secondary N) is 1. The molecular formula is C17H20BrCl2NO3. The Hall–Kier alpha value is -0.980. The molecular weight excluding hydrogens is 417 g/mol. The lowest BCUT2D eigenvalue weighted by molar-refractivity contribution is 0.282. The molecule has 0 saturated heterocycles. The molecule has 0 bridgehead atoms. The Labute approximate surface area is 161 Å². The summed E-state index contributed by atoms with van der Waals surface area (Å²) >= 11 is 9.67. The Morgan fingerprint density at radius 2 is 2.00 bits per heavy atom. The fourth-order valence-electron chi connectivity index (χ4n) is 2.09. The van der Waals surface area contributed by atoms with E-state index in [2.05, 4.69) is 21.2 Å². The highest BCUT2D eigenvalue weighted by atomic mass is 79.9. The zero-order valence-corrected chi connectivity index (χ0v) is 16.4. The summed E-state index contributed by atoms with van der Waals surface area (Å²) in [4.78, 5) is 0. The smallest absolute Gasteiger partial charge is 0.175 e. The van der Waals surface area contributed by atoms with Gasteiger partial charge in [-0.05, 0) is 39.7 Å². The number of aliphatic hydroxyl groups excluding tert-OH is 1. The molecule has 2 rings (SSSR count). The lowest BCUT2D eigenvalue weighted by atomic mass is 10.2. The van der Waals surface area contributed by atoms with E-state index in [1.165, 1.54) is 0 Å². The SMILES string of the molecule is COc1cc(CNCCO)cc(Br)c1OCc1ccccc1Cl.Cl. The quantitative estimate of drug-likeness (QED) is 0.609. The molecule has 0 aromatic heterocycles. The molecule has 4 nitrogen and oxygen atoms in total. The summed E-state index contributed by atoms with van der Waals surface area (Å²) < 4.78 is 12.1. The third kappa shape index (κ3) is 5.83. The predicted octanol–water partition coefficient (Wildman–Crippen LogP) is 4.19. The van der Waals surface area contributed by atoms with Crippen LogP contribution in [0.1, 0.15) is 11.1 Å². The van der Waals surface area contributed by atoms with Crippen molar-refractivity contribution in [1.82, 2.24) is 5.32 Å². The van der Waals surface area contributed by atoms with Crippen molar-refractivity contribution in [2.75, 3.05) is 20.3 Å². The van der Waals surface area contributed by atoms with Crippen LogP contribution in [0, 0.1) is 0 Å². The monoisotopic (exact) mass is 435 g/mol. The summed E-state index contributed by atoms with van der Waals surface area (Å²) in [7, 11) is 1.61. The maximum Gasteiger partial charge on any atom is 0.175 e. The second kappa shape index (κ2) is 10.8. The summed E-state index contributed by atoms with van der Waals surface area (Å²) in [6, 6.07) is 11.5. The standard InChI is InChI=1S/C17H19BrClNO3.ClH/c1-22-16-9-12(10-20-6-7-21)8-14(18)17(16)23-11-13-4-2-3-5-15(13)19;/h2-5,8-9,20-21H,6-7,10-11H2,1H3;1H. The Kier molecular flexibility index (Phi) is 9.48. The van der Waals surface area contributed by atoms with Gasteiger partial charge in [-0.3, -0.25) is 0 Å². The van der Waals surface area contributed by atoms with Gasteiger partial charge in [0.25, 0.3) is 0 Å². The van der Waals surface area contributed by atoms with E-state index < -0.39 is 0 Å². The zero-order chi connectivity index (χ0) is 16.7. The molecule has 24 heavy (non-hydrogen) atoms. The van der Waals surface area contributed by atoms with Crippen molar-refractivity contribution >= 4 is 39.9 Å². The average Bonchev–Trinajstić information content (AvgIpc) is 2.55. The van der Waals surface area contributed by atoms with Gasteiger partial charge in [0.2, 0.25) is 0 Å². The first-order chi connectivity index (χ1) is 11.2. The van der Waals surface area contributed by atoms with Gasteiger partial charge in [0.1, 0.15) is 6.61 Å². The van der Waals surface area contributed by atoms with Gasteiger partial charge in [0.15, 0.2) is 11.5 Å². The first-order valence-corrected chi connectivity index (χ1v) is 8.37.